The standard InChI is InChI=1S/C38H69N4O2/c1-28(2)24-31(41-20-16-14-15-18-33(41)43)37(9,10)36(7,8)26-32(42-21-17-19-34(42)44)38(11,12)35(5,6)25-30(29(3)4)40-23-22-39(13)27-40/h22-23,27-32H,14-21,24-26H2,1-13H3/q+1. The Morgan fingerprint density at radius 1 is 0.727 bits per heavy atom. The molecule has 44 heavy (non-hydrogen) atoms. The lowest BCUT2D eigenvalue weighted by Gasteiger charge is -2.57. The smallest absolute Gasteiger partial charge is 0.243 e. The molecule has 3 atom stereocenters. The maximum atomic E-state index is 13.6. The Hall–Kier alpha value is -1.85. The molecule has 3 heterocycles. The normalized spacial score (nSPS) is 20.1. The van der Waals surface area contributed by atoms with E-state index in [2.05, 4.69) is 128 Å². The Labute approximate surface area is 271 Å². The van der Waals surface area contributed by atoms with Gasteiger partial charge >= 0.3 is 0 Å². The number of likely N-dealkylation sites (tertiary alicyclic amines) is 2. The Bertz CT molecular complexity index is 1110. The Kier molecular flexibility index (Phi) is 11.5. The lowest BCUT2D eigenvalue weighted by Crippen LogP contribution is -2.59. The van der Waals surface area contributed by atoms with Crippen LogP contribution < -0.4 is 4.57 Å². The number of imidazole rings is 1. The van der Waals surface area contributed by atoms with Crippen molar-refractivity contribution in [2.75, 3.05) is 13.1 Å². The topological polar surface area (TPSA) is 49.4 Å². The van der Waals surface area contributed by atoms with Crippen LogP contribution in [0.5, 0.6) is 0 Å². The largest absolute Gasteiger partial charge is 0.339 e. The first-order valence-corrected chi connectivity index (χ1v) is 17.8. The average molecular weight is 614 g/mol. The second-order valence-electron chi connectivity index (χ2n) is 17.7. The fourth-order valence-corrected chi connectivity index (χ4v) is 8.13. The maximum Gasteiger partial charge on any atom is 0.243 e. The molecule has 6 heteroatoms. The van der Waals surface area contributed by atoms with Crippen LogP contribution in [-0.4, -0.2) is 51.4 Å². The van der Waals surface area contributed by atoms with Gasteiger partial charge in [-0.05, 0) is 72.0 Å². The minimum Gasteiger partial charge on any atom is -0.339 e. The summed E-state index contributed by atoms with van der Waals surface area (Å²) in [5.74, 6) is 1.64. The van der Waals surface area contributed by atoms with Gasteiger partial charge in [0.1, 0.15) is 18.4 Å². The summed E-state index contributed by atoms with van der Waals surface area (Å²) in [6.45, 7) is 30.4. The monoisotopic (exact) mass is 614 g/mol. The lowest BCUT2D eigenvalue weighted by molar-refractivity contribution is -0.671. The Morgan fingerprint density at radius 3 is 1.77 bits per heavy atom. The van der Waals surface area contributed by atoms with Crippen molar-refractivity contribution in [1.82, 2.24) is 14.4 Å². The first kappa shape index (κ1) is 36.6. The van der Waals surface area contributed by atoms with Gasteiger partial charge in [0.15, 0.2) is 0 Å². The molecule has 3 rings (SSSR count). The molecule has 0 bridgehead atoms. The number of hydrogen-bond acceptors (Lipinski definition) is 2. The van der Waals surface area contributed by atoms with Crippen molar-refractivity contribution < 1.29 is 14.2 Å². The van der Waals surface area contributed by atoms with Crippen LogP contribution in [0.25, 0.3) is 0 Å². The van der Waals surface area contributed by atoms with Crippen LogP contribution in [0.2, 0.25) is 0 Å². The summed E-state index contributed by atoms with van der Waals surface area (Å²) in [4.78, 5) is 31.6. The van der Waals surface area contributed by atoms with Crippen LogP contribution in [-0.2, 0) is 16.6 Å². The van der Waals surface area contributed by atoms with E-state index in [9.17, 15) is 9.59 Å². The van der Waals surface area contributed by atoms with Crippen LogP contribution in [0.3, 0.4) is 0 Å². The summed E-state index contributed by atoms with van der Waals surface area (Å²) in [5.41, 5.74) is -0.448. The first-order chi connectivity index (χ1) is 20.2. The van der Waals surface area contributed by atoms with Gasteiger partial charge in [0, 0.05) is 38.0 Å². The summed E-state index contributed by atoms with van der Waals surface area (Å²) in [5, 5.41) is 0. The van der Waals surface area contributed by atoms with Crippen LogP contribution >= 0.6 is 0 Å². The number of aryl methyl sites for hydroxylation is 1. The predicted octanol–water partition coefficient (Wildman–Crippen LogP) is 8.20. The number of aromatic nitrogens is 2. The molecule has 2 fully saturated rings. The van der Waals surface area contributed by atoms with Crippen molar-refractivity contribution >= 4 is 11.8 Å². The van der Waals surface area contributed by atoms with Gasteiger partial charge in [-0.2, -0.15) is 0 Å². The molecule has 0 N–H and O–H groups in total. The molecule has 0 aromatic carbocycles. The van der Waals surface area contributed by atoms with E-state index in [-0.39, 0.29) is 33.7 Å². The molecule has 0 radical (unpaired) electrons. The Morgan fingerprint density at radius 2 is 1.25 bits per heavy atom. The third kappa shape index (κ3) is 7.74. The zero-order chi connectivity index (χ0) is 33.3. The number of amides is 2. The summed E-state index contributed by atoms with van der Waals surface area (Å²) < 4.78 is 4.52. The van der Waals surface area contributed by atoms with E-state index in [0.717, 1.165) is 58.0 Å². The molecule has 6 nitrogen and oxygen atoms in total. The fraction of sp³-hybridized carbons (Fsp3) is 0.868. The van der Waals surface area contributed by atoms with Crippen LogP contribution in [0, 0.1) is 33.5 Å². The quantitative estimate of drug-likeness (QED) is 0.199. The van der Waals surface area contributed by atoms with E-state index >= 15 is 0 Å². The summed E-state index contributed by atoms with van der Waals surface area (Å²) >= 11 is 0. The highest BCUT2D eigenvalue weighted by Gasteiger charge is 2.54. The summed E-state index contributed by atoms with van der Waals surface area (Å²) in [6, 6.07) is 0.651. The predicted molar refractivity (Wildman–Crippen MR) is 182 cm³/mol. The molecule has 0 aliphatic carbocycles. The second kappa shape index (κ2) is 13.9. The SMILES string of the molecule is CC(C)CC(N1CCCCCC1=O)C(C)(C)C(C)(C)CC(N1CCCC1=O)C(C)(C)C(C)(C)CC(C(C)C)n1cc[n+](C)c1. The second-order valence-corrected chi connectivity index (χ2v) is 17.7. The molecule has 0 saturated carbocycles. The summed E-state index contributed by atoms with van der Waals surface area (Å²) in [7, 11) is 2.09. The van der Waals surface area contributed by atoms with Crippen LogP contribution in [0.1, 0.15) is 147 Å². The van der Waals surface area contributed by atoms with E-state index < -0.39 is 0 Å². The molecule has 3 unspecified atom stereocenters. The van der Waals surface area contributed by atoms with Crippen LogP contribution in [0.4, 0.5) is 0 Å². The Balaban J connectivity index is 2.03. The van der Waals surface area contributed by atoms with Crippen molar-refractivity contribution in [2.45, 2.75) is 159 Å². The molecular weight excluding hydrogens is 544 g/mol. The summed E-state index contributed by atoms with van der Waals surface area (Å²) in [6.07, 6.45) is 15.0. The minimum atomic E-state index is -0.144. The van der Waals surface area contributed by atoms with Crippen molar-refractivity contribution in [1.29, 1.82) is 0 Å². The number of carbonyl (C=O) groups excluding carboxylic acids is 2. The minimum absolute atomic E-state index is 0.0450. The molecule has 2 aliphatic rings. The lowest BCUT2D eigenvalue weighted by atomic mass is 9.54. The van der Waals surface area contributed by atoms with Crippen LogP contribution in [0.15, 0.2) is 18.7 Å². The number of rotatable bonds is 14. The molecule has 1 aromatic rings. The molecule has 2 aliphatic heterocycles. The van der Waals surface area contributed by atoms with E-state index in [4.69, 9.17) is 0 Å². The first-order valence-electron chi connectivity index (χ1n) is 17.8. The number of hydrogen-bond donors (Lipinski definition) is 0. The van der Waals surface area contributed by atoms with Gasteiger partial charge in [0.05, 0.1) is 7.05 Å². The zero-order valence-electron chi connectivity index (χ0n) is 31.0. The third-order valence-electron chi connectivity index (χ3n) is 12.7. The highest BCUT2D eigenvalue weighted by molar-refractivity contribution is 5.78. The van der Waals surface area contributed by atoms with Gasteiger partial charge in [-0.15, -0.1) is 0 Å². The van der Waals surface area contributed by atoms with E-state index in [1.807, 2.05) is 0 Å². The van der Waals surface area contributed by atoms with Gasteiger partial charge < -0.3 is 9.80 Å². The van der Waals surface area contributed by atoms with Gasteiger partial charge in [0.25, 0.3) is 0 Å². The molecule has 252 valence electrons. The van der Waals surface area contributed by atoms with Gasteiger partial charge in [-0.1, -0.05) is 89.5 Å². The zero-order valence-corrected chi connectivity index (χ0v) is 31.0. The van der Waals surface area contributed by atoms with Crippen molar-refractivity contribution in [3.05, 3.63) is 18.7 Å². The molecule has 2 saturated heterocycles. The van der Waals surface area contributed by atoms with Crippen molar-refractivity contribution in [2.24, 2.45) is 40.5 Å². The number of nitrogens with zero attached hydrogens (tertiary/aromatic N) is 4. The highest BCUT2D eigenvalue weighted by Crippen LogP contribution is 2.55. The van der Waals surface area contributed by atoms with Gasteiger partial charge in [-0.3, -0.25) is 9.59 Å². The molecule has 1 aromatic heterocycles. The van der Waals surface area contributed by atoms with E-state index in [0.29, 0.717) is 42.5 Å². The average Bonchev–Trinajstić information content (AvgIpc) is 3.47. The van der Waals surface area contributed by atoms with Gasteiger partial charge in [-0.25, -0.2) is 9.13 Å². The highest BCUT2D eigenvalue weighted by atomic mass is 16.2. The van der Waals surface area contributed by atoms with Crippen molar-refractivity contribution in [3.63, 3.8) is 0 Å². The molecule has 2 amide bonds. The van der Waals surface area contributed by atoms with Gasteiger partial charge in [0.2, 0.25) is 18.1 Å². The van der Waals surface area contributed by atoms with E-state index in [1.165, 1.54) is 0 Å². The molecular formula is C38H69N4O2+. The maximum absolute atomic E-state index is 13.6. The van der Waals surface area contributed by atoms with E-state index in [1.54, 1.807) is 0 Å². The van der Waals surface area contributed by atoms with Crippen molar-refractivity contribution in [3.8, 4) is 0 Å². The third-order valence-corrected chi connectivity index (χ3v) is 12.7. The fourth-order valence-electron chi connectivity index (χ4n) is 8.13. The number of carbonyl (C=O) groups is 2. The molecule has 0 spiro atoms.